The number of halogens is 1. The van der Waals surface area contributed by atoms with Crippen LogP contribution in [0, 0.1) is 6.92 Å². The first-order chi connectivity index (χ1) is 14.4. The van der Waals surface area contributed by atoms with Gasteiger partial charge in [0.1, 0.15) is 5.75 Å². The Kier molecular flexibility index (Phi) is 6.69. The summed E-state index contributed by atoms with van der Waals surface area (Å²) in [4.78, 5) is 30.7. The highest BCUT2D eigenvalue weighted by Gasteiger charge is 2.17. The summed E-state index contributed by atoms with van der Waals surface area (Å²) in [7, 11) is 1.69. The van der Waals surface area contributed by atoms with E-state index in [9.17, 15) is 9.59 Å². The van der Waals surface area contributed by atoms with E-state index in [0.717, 1.165) is 5.56 Å². The molecule has 0 aliphatic heterocycles. The molecule has 1 aromatic heterocycles. The first-order valence-corrected chi connectivity index (χ1v) is 9.73. The normalized spacial score (nSPS) is 10.4. The Balaban J connectivity index is 1.71. The number of hydrogen-bond acceptors (Lipinski definition) is 5. The maximum atomic E-state index is 12.6. The van der Waals surface area contributed by atoms with Crippen molar-refractivity contribution in [1.29, 1.82) is 0 Å². The Bertz CT molecular complexity index is 1050. The summed E-state index contributed by atoms with van der Waals surface area (Å²) in [6, 6.07) is 17.1. The van der Waals surface area contributed by atoms with Gasteiger partial charge in [-0.15, -0.1) is 0 Å². The predicted molar refractivity (Wildman–Crippen MR) is 116 cm³/mol. The van der Waals surface area contributed by atoms with Crippen LogP contribution in [0.1, 0.15) is 33.3 Å². The van der Waals surface area contributed by atoms with E-state index in [1.165, 1.54) is 11.0 Å². The van der Waals surface area contributed by atoms with Gasteiger partial charge >= 0.3 is 5.97 Å². The molecule has 0 unspecified atom stereocenters. The molecule has 0 saturated heterocycles. The van der Waals surface area contributed by atoms with Crippen LogP contribution in [0.15, 0.2) is 60.7 Å². The average molecular weight is 425 g/mol. The largest absolute Gasteiger partial charge is 0.478 e. The van der Waals surface area contributed by atoms with Crippen molar-refractivity contribution in [1.82, 2.24) is 4.98 Å². The molecule has 0 saturated carbocycles. The summed E-state index contributed by atoms with van der Waals surface area (Å²) < 4.78 is 10.7. The molecular weight excluding hydrogens is 404 g/mol. The SMILES string of the molecule is CCOc1ccc(Cl)c(C(=O)Oc2ccc(N(C)C(=O)c3ccc(C)cc3)cc2)n1. The van der Waals surface area contributed by atoms with Crippen molar-refractivity contribution < 1.29 is 19.1 Å². The van der Waals surface area contributed by atoms with Crippen LogP contribution < -0.4 is 14.4 Å². The first kappa shape index (κ1) is 21.3. The summed E-state index contributed by atoms with van der Waals surface area (Å²) in [6.07, 6.45) is 0. The number of hydrogen-bond donors (Lipinski definition) is 0. The number of carbonyl (C=O) groups excluding carboxylic acids is 2. The molecule has 0 bridgehead atoms. The molecule has 1 amide bonds. The van der Waals surface area contributed by atoms with E-state index in [1.54, 1.807) is 49.5 Å². The number of carbonyl (C=O) groups is 2. The Labute approximate surface area is 180 Å². The zero-order chi connectivity index (χ0) is 21.7. The van der Waals surface area contributed by atoms with Gasteiger partial charge in [0, 0.05) is 24.4 Å². The van der Waals surface area contributed by atoms with Gasteiger partial charge in [-0.2, -0.15) is 0 Å². The summed E-state index contributed by atoms with van der Waals surface area (Å²) in [5.74, 6) is -0.234. The number of aromatic nitrogens is 1. The Morgan fingerprint density at radius 1 is 1.00 bits per heavy atom. The molecule has 3 aromatic rings. The lowest BCUT2D eigenvalue weighted by atomic mass is 10.1. The monoisotopic (exact) mass is 424 g/mol. The van der Waals surface area contributed by atoms with Gasteiger partial charge in [-0.3, -0.25) is 4.79 Å². The first-order valence-electron chi connectivity index (χ1n) is 9.35. The van der Waals surface area contributed by atoms with Gasteiger partial charge in [0.25, 0.3) is 5.91 Å². The second-order valence-electron chi connectivity index (χ2n) is 6.53. The van der Waals surface area contributed by atoms with Crippen LogP contribution in [-0.2, 0) is 0 Å². The molecule has 0 fully saturated rings. The molecule has 2 aromatic carbocycles. The van der Waals surface area contributed by atoms with Gasteiger partial charge in [0.2, 0.25) is 5.88 Å². The van der Waals surface area contributed by atoms with Crippen molar-refractivity contribution >= 4 is 29.2 Å². The number of aryl methyl sites for hydroxylation is 1. The van der Waals surface area contributed by atoms with Gasteiger partial charge in [0.05, 0.1) is 11.6 Å². The maximum Gasteiger partial charge on any atom is 0.364 e. The molecule has 0 spiro atoms. The van der Waals surface area contributed by atoms with Crippen LogP contribution in [0.3, 0.4) is 0 Å². The molecular formula is C23H21ClN2O4. The van der Waals surface area contributed by atoms with Gasteiger partial charge in [-0.05, 0) is 56.3 Å². The number of pyridine rings is 1. The highest BCUT2D eigenvalue weighted by Crippen LogP contribution is 2.23. The highest BCUT2D eigenvalue weighted by molar-refractivity contribution is 6.33. The Morgan fingerprint density at radius 3 is 2.30 bits per heavy atom. The lowest BCUT2D eigenvalue weighted by molar-refractivity contribution is 0.0727. The van der Waals surface area contributed by atoms with Gasteiger partial charge < -0.3 is 14.4 Å². The minimum Gasteiger partial charge on any atom is -0.478 e. The van der Waals surface area contributed by atoms with E-state index in [0.29, 0.717) is 29.5 Å². The fraction of sp³-hybridized carbons (Fsp3) is 0.174. The number of rotatable bonds is 6. The van der Waals surface area contributed by atoms with Crippen LogP contribution >= 0.6 is 11.6 Å². The number of esters is 1. The van der Waals surface area contributed by atoms with Gasteiger partial charge in [0.15, 0.2) is 5.69 Å². The van der Waals surface area contributed by atoms with E-state index in [-0.39, 0.29) is 16.6 Å². The standard InChI is InChI=1S/C23H21ClN2O4/c1-4-29-20-14-13-19(24)21(25-20)23(28)30-18-11-9-17(10-12-18)26(3)22(27)16-7-5-15(2)6-8-16/h5-14H,4H2,1-3H3. The van der Waals surface area contributed by atoms with E-state index in [1.807, 2.05) is 26.0 Å². The zero-order valence-electron chi connectivity index (χ0n) is 16.9. The number of ether oxygens (including phenoxy) is 2. The molecule has 0 radical (unpaired) electrons. The molecule has 3 rings (SSSR count). The summed E-state index contributed by atoms with van der Waals surface area (Å²) in [5, 5.41) is 0.170. The molecule has 0 aliphatic carbocycles. The summed E-state index contributed by atoms with van der Waals surface area (Å²) in [6.45, 7) is 4.20. The van der Waals surface area contributed by atoms with Crippen LogP contribution in [0.4, 0.5) is 5.69 Å². The summed E-state index contributed by atoms with van der Waals surface area (Å²) >= 11 is 6.06. The fourth-order valence-corrected chi connectivity index (χ4v) is 2.88. The molecule has 0 aliphatic rings. The lowest BCUT2D eigenvalue weighted by Gasteiger charge is -2.18. The predicted octanol–water partition coefficient (Wildman–Crippen LogP) is 4.94. The van der Waals surface area contributed by atoms with Crippen molar-refractivity contribution in [2.24, 2.45) is 0 Å². The third-order valence-corrected chi connectivity index (χ3v) is 4.65. The summed E-state index contributed by atoms with van der Waals surface area (Å²) in [5.41, 5.74) is 2.31. The minimum atomic E-state index is -0.696. The molecule has 30 heavy (non-hydrogen) atoms. The van der Waals surface area contributed by atoms with Gasteiger partial charge in [-0.1, -0.05) is 29.3 Å². The smallest absolute Gasteiger partial charge is 0.364 e. The van der Waals surface area contributed by atoms with Crippen LogP contribution in [0.25, 0.3) is 0 Å². The van der Waals surface area contributed by atoms with Crippen molar-refractivity contribution in [3.05, 3.63) is 82.5 Å². The van der Waals surface area contributed by atoms with E-state index < -0.39 is 5.97 Å². The van der Waals surface area contributed by atoms with Gasteiger partial charge in [-0.25, -0.2) is 9.78 Å². The van der Waals surface area contributed by atoms with Crippen molar-refractivity contribution in [2.45, 2.75) is 13.8 Å². The van der Waals surface area contributed by atoms with Crippen LogP contribution in [0.5, 0.6) is 11.6 Å². The van der Waals surface area contributed by atoms with Crippen molar-refractivity contribution in [2.75, 3.05) is 18.6 Å². The van der Waals surface area contributed by atoms with Crippen LogP contribution in [0.2, 0.25) is 5.02 Å². The third-order valence-electron chi connectivity index (χ3n) is 4.34. The van der Waals surface area contributed by atoms with Crippen molar-refractivity contribution in [3.8, 4) is 11.6 Å². The lowest BCUT2D eigenvalue weighted by Crippen LogP contribution is -2.26. The molecule has 0 N–H and O–H groups in total. The van der Waals surface area contributed by atoms with E-state index >= 15 is 0 Å². The van der Waals surface area contributed by atoms with Crippen LogP contribution in [-0.4, -0.2) is 30.5 Å². The maximum absolute atomic E-state index is 12.6. The second kappa shape index (κ2) is 9.41. The molecule has 1 heterocycles. The number of nitrogens with zero attached hydrogens (tertiary/aromatic N) is 2. The zero-order valence-corrected chi connectivity index (χ0v) is 17.6. The van der Waals surface area contributed by atoms with E-state index in [2.05, 4.69) is 4.98 Å². The molecule has 6 nitrogen and oxygen atoms in total. The number of amides is 1. The Morgan fingerprint density at radius 2 is 1.67 bits per heavy atom. The topological polar surface area (TPSA) is 68.7 Å². The number of anilines is 1. The second-order valence-corrected chi connectivity index (χ2v) is 6.93. The Hall–Kier alpha value is -3.38. The average Bonchev–Trinajstić information content (AvgIpc) is 2.75. The highest BCUT2D eigenvalue weighted by atomic mass is 35.5. The molecule has 154 valence electrons. The number of benzene rings is 2. The van der Waals surface area contributed by atoms with Crippen molar-refractivity contribution in [3.63, 3.8) is 0 Å². The fourth-order valence-electron chi connectivity index (χ4n) is 2.70. The minimum absolute atomic E-state index is 0.0293. The molecule has 0 atom stereocenters. The molecule has 7 heteroatoms. The quantitative estimate of drug-likeness (QED) is 0.414. The van der Waals surface area contributed by atoms with E-state index in [4.69, 9.17) is 21.1 Å². The third kappa shape index (κ3) is 4.96.